The van der Waals surface area contributed by atoms with Crippen LogP contribution in [0.5, 0.6) is 0 Å². The number of primary amides is 1. The molecule has 4 N–H and O–H groups in total. The third-order valence-corrected chi connectivity index (χ3v) is 4.88. The number of fused-ring (bicyclic) bond motifs is 1. The zero-order chi connectivity index (χ0) is 18.4. The fourth-order valence-electron chi connectivity index (χ4n) is 3.03. The van der Waals surface area contributed by atoms with E-state index in [1.807, 2.05) is 0 Å². The Morgan fingerprint density at radius 2 is 2.08 bits per heavy atom. The number of benzene rings is 1. The molecule has 8 heteroatoms. The maximum Gasteiger partial charge on any atom is 0.267 e. The van der Waals surface area contributed by atoms with Crippen LogP contribution >= 0.6 is 11.6 Å². The molecule has 4 rings (SSSR count). The van der Waals surface area contributed by atoms with Gasteiger partial charge in [-0.3, -0.25) is 19.1 Å². The Labute approximate surface area is 153 Å². The van der Waals surface area contributed by atoms with Crippen molar-refractivity contribution in [3.63, 3.8) is 0 Å². The number of aromatic nitrogens is 3. The SMILES string of the molecule is NC(=O)c1cncc(-n2c(C(N)C3CC3)nc3cccc(Cl)c3c2=O)c1. The van der Waals surface area contributed by atoms with E-state index in [2.05, 4.69) is 9.97 Å². The van der Waals surface area contributed by atoms with Crippen molar-refractivity contribution in [2.24, 2.45) is 17.4 Å². The molecule has 1 aliphatic carbocycles. The average Bonchev–Trinajstić information content (AvgIpc) is 3.46. The molecule has 0 aliphatic heterocycles. The van der Waals surface area contributed by atoms with Crippen molar-refractivity contribution in [2.75, 3.05) is 0 Å². The van der Waals surface area contributed by atoms with Crippen LogP contribution in [-0.4, -0.2) is 20.4 Å². The van der Waals surface area contributed by atoms with Gasteiger partial charge in [0.2, 0.25) is 5.91 Å². The summed E-state index contributed by atoms with van der Waals surface area (Å²) in [6, 6.07) is 6.21. The second-order valence-corrected chi connectivity index (χ2v) is 6.81. The molecule has 1 unspecified atom stereocenters. The number of rotatable bonds is 4. The minimum absolute atomic E-state index is 0.194. The molecule has 132 valence electrons. The van der Waals surface area contributed by atoms with E-state index < -0.39 is 11.9 Å². The molecule has 0 bridgehead atoms. The van der Waals surface area contributed by atoms with Gasteiger partial charge in [-0.1, -0.05) is 17.7 Å². The summed E-state index contributed by atoms with van der Waals surface area (Å²) in [5.74, 6) is 0.0694. The highest BCUT2D eigenvalue weighted by Gasteiger charge is 2.33. The van der Waals surface area contributed by atoms with E-state index in [0.717, 1.165) is 12.8 Å². The van der Waals surface area contributed by atoms with Crippen molar-refractivity contribution >= 4 is 28.4 Å². The largest absolute Gasteiger partial charge is 0.366 e. The molecule has 0 spiro atoms. The van der Waals surface area contributed by atoms with Crippen molar-refractivity contribution in [2.45, 2.75) is 18.9 Å². The first-order valence-corrected chi connectivity index (χ1v) is 8.57. The Morgan fingerprint density at radius 1 is 1.31 bits per heavy atom. The summed E-state index contributed by atoms with van der Waals surface area (Å²) in [5.41, 5.74) is 12.4. The van der Waals surface area contributed by atoms with Crippen molar-refractivity contribution < 1.29 is 4.79 Å². The summed E-state index contributed by atoms with van der Waals surface area (Å²) in [7, 11) is 0. The number of halogens is 1. The van der Waals surface area contributed by atoms with Crippen LogP contribution in [0.25, 0.3) is 16.6 Å². The number of amides is 1. The molecule has 1 saturated carbocycles. The van der Waals surface area contributed by atoms with Crippen LogP contribution in [0.1, 0.15) is 35.1 Å². The number of pyridine rings is 1. The Hall–Kier alpha value is -2.77. The molecule has 1 atom stereocenters. The standard InChI is InChI=1S/C18H16ClN5O2/c19-12-2-1-3-13-14(12)18(26)24(17(23-13)15(20)9-4-5-9)11-6-10(16(21)25)7-22-8-11/h1-3,6-9,15H,4-5,20H2,(H2,21,25). The minimum Gasteiger partial charge on any atom is -0.366 e. The first kappa shape index (κ1) is 16.7. The normalized spacial score (nSPS) is 15.2. The predicted octanol–water partition coefficient (Wildman–Crippen LogP) is 1.94. The summed E-state index contributed by atoms with van der Waals surface area (Å²) < 4.78 is 1.39. The van der Waals surface area contributed by atoms with Gasteiger partial charge in [-0.2, -0.15) is 0 Å². The van der Waals surface area contributed by atoms with Crippen LogP contribution in [0.15, 0.2) is 41.5 Å². The Morgan fingerprint density at radius 3 is 2.77 bits per heavy atom. The Balaban J connectivity index is 2.05. The molecule has 7 nitrogen and oxygen atoms in total. The molecule has 3 aromatic rings. The summed E-state index contributed by atoms with van der Waals surface area (Å²) >= 11 is 6.24. The first-order chi connectivity index (χ1) is 12.5. The molecule has 1 aromatic carbocycles. The molecule has 2 heterocycles. The first-order valence-electron chi connectivity index (χ1n) is 8.19. The highest BCUT2D eigenvalue weighted by molar-refractivity contribution is 6.35. The summed E-state index contributed by atoms with van der Waals surface area (Å²) in [4.78, 5) is 33.4. The lowest BCUT2D eigenvalue weighted by Crippen LogP contribution is -2.30. The van der Waals surface area contributed by atoms with Crippen LogP contribution in [0, 0.1) is 5.92 Å². The molecule has 26 heavy (non-hydrogen) atoms. The van der Waals surface area contributed by atoms with Crippen LogP contribution in [0.4, 0.5) is 0 Å². The number of carbonyl (C=O) groups is 1. The topological polar surface area (TPSA) is 117 Å². The smallest absolute Gasteiger partial charge is 0.267 e. The average molecular weight is 370 g/mol. The molecule has 1 amide bonds. The molecule has 1 fully saturated rings. The number of hydrogen-bond acceptors (Lipinski definition) is 5. The molecule has 0 saturated heterocycles. The summed E-state index contributed by atoms with van der Waals surface area (Å²) in [6.45, 7) is 0. The second kappa shape index (κ2) is 6.19. The van der Waals surface area contributed by atoms with E-state index in [0.29, 0.717) is 27.4 Å². The number of nitrogens with two attached hydrogens (primary N) is 2. The molecule has 0 radical (unpaired) electrons. The van der Waals surface area contributed by atoms with Crippen molar-refractivity contribution in [1.29, 1.82) is 0 Å². The maximum absolute atomic E-state index is 13.2. The number of hydrogen-bond donors (Lipinski definition) is 2. The lowest BCUT2D eigenvalue weighted by molar-refractivity contribution is 0.1000. The van der Waals surface area contributed by atoms with Crippen LogP contribution < -0.4 is 17.0 Å². The molecule has 2 aromatic heterocycles. The van der Waals surface area contributed by atoms with Gasteiger partial charge in [-0.15, -0.1) is 0 Å². The van der Waals surface area contributed by atoms with Crippen LogP contribution in [0.2, 0.25) is 5.02 Å². The summed E-state index contributed by atoms with van der Waals surface area (Å²) in [5, 5.41) is 0.602. The van der Waals surface area contributed by atoms with Gasteiger partial charge in [0.15, 0.2) is 0 Å². The van der Waals surface area contributed by atoms with Gasteiger partial charge < -0.3 is 11.5 Å². The fraction of sp³-hybridized carbons (Fsp3) is 0.222. The van der Waals surface area contributed by atoms with Crippen molar-refractivity contribution in [1.82, 2.24) is 14.5 Å². The van der Waals surface area contributed by atoms with Gasteiger partial charge in [0.05, 0.1) is 39.4 Å². The third kappa shape index (κ3) is 2.75. The number of nitrogens with zero attached hydrogens (tertiary/aromatic N) is 3. The van der Waals surface area contributed by atoms with E-state index in [-0.39, 0.29) is 17.0 Å². The quantitative estimate of drug-likeness (QED) is 0.728. The van der Waals surface area contributed by atoms with Gasteiger partial charge >= 0.3 is 0 Å². The maximum atomic E-state index is 13.2. The third-order valence-electron chi connectivity index (χ3n) is 4.57. The van der Waals surface area contributed by atoms with E-state index in [1.165, 1.54) is 23.0 Å². The monoisotopic (exact) mass is 369 g/mol. The van der Waals surface area contributed by atoms with Gasteiger partial charge in [0.1, 0.15) is 5.82 Å². The second-order valence-electron chi connectivity index (χ2n) is 6.40. The van der Waals surface area contributed by atoms with Crippen molar-refractivity contribution in [3.8, 4) is 5.69 Å². The fourth-order valence-corrected chi connectivity index (χ4v) is 3.28. The van der Waals surface area contributed by atoms with E-state index in [1.54, 1.807) is 18.2 Å². The molecular weight excluding hydrogens is 354 g/mol. The molecule has 1 aliphatic rings. The number of carbonyl (C=O) groups excluding carboxylic acids is 1. The zero-order valence-corrected chi connectivity index (χ0v) is 14.5. The van der Waals surface area contributed by atoms with Gasteiger partial charge in [-0.05, 0) is 37.0 Å². The van der Waals surface area contributed by atoms with E-state index in [9.17, 15) is 9.59 Å². The van der Waals surface area contributed by atoms with E-state index >= 15 is 0 Å². The van der Waals surface area contributed by atoms with Gasteiger partial charge in [0.25, 0.3) is 5.56 Å². The van der Waals surface area contributed by atoms with Crippen LogP contribution in [0.3, 0.4) is 0 Å². The molecular formula is C18H16ClN5O2. The highest BCUT2D eigenvalue weighted by Crippen LogP contribution is 2.39. The Bertz CT molecular complexity index is 1090. The minimum atomic E-state index is -0.632. The van der Waals surface area contributed by atoms with Crippen LogP contribution in [-0.2, 0) is 0 Å². The zero-order valence-electron chi connectivity index (χ0n) is 13.7. The predicted molar refractivity (Wildman–Crippen MR) is 98.3 cm³/mol. The Kier molecular flexibility index (Phi) is 3.97. The lowest BCUT2D eigenvalue weighted by Gasteiger charge is -2.18. The summed E-state index contributed by atoms with van der Waals surface area (Å²) in [6.07, 6.45) is 4.80. The van der Waals surface area contributed by atoms with Gasteiger partial charge in [0, 0.05) is 6.20 Å². The highest BCUT2D eigenvalue weighted by atomic mass is 35.5. The van der Waals surface area contributed by atoms with E-state index in [4.69, 9.17) is 23.1 Å². The van der Waals surface area contributed by atoms with Gasteiger partial charge in [-0.25, -0.2) is 4.98 Å². The van der Waals surface area contributed by atoms with Crippen molar-refractivity contribution in [3.05, 3.63) is 63.4 Å². The lowest BCUT2D eigenvalue weighted by atomic mass is 10.1.